The SMILES string of the molecule is Cc1cc2nc(-c3[nH]nc4c3CCN(S(=O)(=O)c3ccccc3Cl)C4)[nH]c2cc1C. The third kappa shape index (κ3) is 3.03. The maximum atomic E-state index is 13.1. The van der Waals surface area contributed by atoms with E-state index in [9.17, 15) is 8.42 Å². The first-order chi connectivity index (χ1) is 14.3. The molecule has 9 heteroatoms. The lowest BCUT2D eigenvalue weighted by atomic mass is 10.1. The largest absolute Gasteiger partial charge is 0.337 e. The van der Waals surface area contributed by atoms with Crippen LogP contribution in [-0.4, -0.2) is 39.4 Å². The molecule has 0 amide bonds. The van der Waals surface area contributed by atoms with Crippen molar-refractivity contribution in [2.24, 2.45) is 0 Å². The Labute approximate surface area is 179 Å². The third-order valence-electron chi connectivity index (χ3n) is 5.68. The van der Waals surface area contributed by atoms with E-state index in [2.05, 4.69) is 41.2 Å². The van der Waals surface area contributed by atoms with Crippen molar-refractivity contribution in [1.29, 1.82) is 0 Å². The average Bonchev–Trinajstić information content (AvgIpc) is 3.31. The van der Waals surface area contributed by atoms with Gasteiger partial charge >= 0.3 is 0 Å². The van der Waals surface area contributed by atoms with Crippen molar-refractivity contribution in [2.75, 3.05) is 6.54 Å². The summed E-state index contributed by atoms with van der Waals surface area (Å²) in [6.45, 7) is 4.68. The van der Waals surface area contributed by atoms with Crippen molar-refractivity contribution in [1.82, 2.24) is 24.5 Å². The first-order valence-corrected chi connectivity index (χ1v) is 11.4. The van der Waals surface area contributed by atoms with Gasteiger partial charge in [-0.25, -0.2) is 13.4 Å². The maximum Gasteiger partial charge on any atom is 0.244 e. The predicted octanol–water partition coefficient (Wildman–Crippen LogP) is 3.97. The summed E-state index contributed by atoms with van der Waals surface area (Å²) in [5.41, 5.74) is 6.77. The number of benzene rings is 2. The zero-order chi connectivity index (χ0) is 21.0. The molecule has 0 spiro atoms. The highest BCUT2D eigenvalue weighted by Gasteiger charge is 2.32. The van der Waals surface area contributed by atoms with Crippen LogP contribution >= 0.6 is 11.6 Å². The van der Waals surface area contributed by atoms with Crippen LogP contribution in [0.1, 0.15) is 22.4 Å². The van der Waals surface area contributed by atoms with Crippen LogP contribution in [0.3, 0.4) is 0 Å². The molecule has 0 atom stereocenters. The second-order valence-corrected chi connectivity index (χ2v) is 9.90. The van der Waals surface area contributed by atoms with Gasteiger partial charge in [0.15, 0.2) is 5.82 Å². The number of halogens is 1. The first-order valence-electron chi connectivity index (χ1n) is 9.63. The minimum Gasteiger partial charge on any atom is -0.337 e. The molecule has 30 heavy (non-hydrogen) atoms. The smallest absolute Gasteiger partial charge is 0.244 e. The Kier molecular flexibility index (Phi) is 4.46. The quantitative estimate of drug-likeness (QED) is 0.503. The van der Waals surface area contributed by atoms with Crippen LogP contribution < -0.4 is 0 Å². The number of hydrogen-bond donors (Lipinski definition) is 2. The molecule has 3 heterocycles. The van der Waals surface area contributed by atoms with Gasteiger partial charge in [0.1, 0.15) is 10.6 Å². The summed E-state index contributed by atoms with van der Waals surface area (Å²) < 4.78 is 27.5. The van der Waals surface area contributed by atoms with Crippen LogP contribution in [0.5, 0.6) is 0 Å². The van der Waals surface area contributed by atoms with Gasteiger partial charge in [-0.15, -0.1) is 0 Å². The van der Waals surface area contributed by atoms with Gasteiger partial charge in [-0.3, -0.25) is 5.10 Å². The number of fused-ring (bicyclic) bond motifs is 2. The van der Waals surface area contributed by atoms with Crippen molar-refractivity contribution < 1.29 is 8.42 Å². The van der Waals surface area contributed by atoms with Gasteiger partial charge in [-0.2, -0.15) is 9.40 Å². The molecule has 0 saturated heterocycles. The summed E-state index contributed by atoms with van der Waals surface area (Å²) in [7, 11) is -3.70. The van der Waals surface area contributed by atoms with Gasteiger partial charge in [0.25, 0.3) is 0 Å². The highest BCUT2D eigenvalue weighted by Crippen LogP contribution is 2.32. The molecule has 5 rings (SSSR count). The molecule has 1 aliphatic heterocycles. The van der Waals surface area contributed by atoms with E-state index in [4.69, 9.17) is 16.6 Å². The van der Waals surface area contributed by atoms with Crippen molar-refractivity contribution in [2.45, 2.75) is 31.7 Å². The summed E-state index contributed by atoms with van der Waals surface area (Å²) in [6.07, 6.45) is 0.542. The van der Waals surface area contributed by atoms with E-state index in [1.54, 1.807) is 18.2 Å². The van der Waals surface area contributed by atoms with Crippen LogP contribution in [0.4, 0.5) is 0 Å². The van der Waals surface area contributed by atoms with Crippen molar-refractivity contribution in [3.8, 4) is 11.5 Å². The molecule has 2 aromatic carbocycles. The van der Waals surface area contributed by atoms with Crippen molar-refractivity contribution >= 4 is 32.7 Å². The Bertz CT molecular complexity index is 1350. The van der Waals surface area contributed by atoms with Crippen LogP contribution in [0.25, 0.3) is 22.6 Å². The van der Waals surface area contributed by atoms with Gasteiger partial charge in [-0.05, 0) is 55.7 Å². The number of rotatable bonds is 3. The fourth-order valence-corrected chi connectivity index (χ4v) is 5.76. The number of H-pyrrole nitrogens is 2. The third-order valence-corrected chi connectivity index (χ3v) is 8.02. The molecule has 4 aromatic rings. The topological polar surface area (TPSA) is 94.7 Å². The van der Waals surface area contributed by atoms with Gasteiger partial charge < -0.3 is 4.98 Å². The summed E-state index contributed by atoms with van der Waals surface area (Å²) in [5.74, 6) is 0.714. The first kappa shape index (κ1) is 19.3. The molecule has 0 aliphatic carbocycles. The molecule has 154 valence electrons. The standard InChI is InChI=1S/C21H20ClN5O2S/c1-12-9-16-17(10-13(12)2)24-21(23-16)20-14-7-8-27(11-18(14)25-26-20)30(28,29)19-6-4-3-5-15(19)22/h3-6,9-10H,7-8,11H2,1-2H3,(H,23,24)(H,25,26). The second kappa shape index (κ2) is 6.94. The van der Waals surface area contributed by atoms with E-state index in [-0.39, 0.29) is 16.5 Å². The van der Waals surface area contributed by atoms with E-state index in [0.29, 0.717) is 24.5 Å². The Morgan fingerprint density at radius 2 is 1.90 bits per heavy atom. The highest BCUT2D eigenvalue weighted by molar-refractivity contribution is 7.89. The zero-order valence-electron chi connectivity index (χ0n) is 16.5. The number of hydrogen-bond acceptors (Lipinski definition) is 4. The van der Waals surface area contributed by atoms with E-state index < -0.39 is 10.0 Å². The molecule has 0 bridgehead atoms. The summed E-state index contributed by atoms with van der Waals surface area (Å²) in [6, 6.07) is 10.6. The molecule has 7 nitrogen and oxygen atoms in total. The van der Waals surface area contributed by atoms with Crippen molar-refractivity contribution in [3.63, 3.8) is 0 Å². The number of aryl methyl sites for hydroxylation is 2. The summed E-state index contributed by atoms with van der Waals surface area (Å²) in [4.78, 5) is 8.19. The fraction of sp³-hybridized carbons (Fsp3) is 0.238. The Hall–Kier alpha value is -2.68. The zero-order valence-corrected chi connectivity index (χ0v) is 18.1. The average molecular weight is 442 g/mol. The number of imidazole rings is 1. The van der Waals surface area contributed by atoms with Crippen LogP contribution in [0.15, 0.2) is 41.3 Å². The Morgan fingerprint density at radius 3 is 2.70 bits per heavy atom. The minimum atomic E-state index is -3.70. The minimum absolute atomic E-state index is 0.119. The Balaban J connectivity index is 1.49. The lowest BCUT2D eigenvalue weighted by molar-refractivity contribution is 0.387. The van der Waals surface area contributed by atoms with Gasteiger partial charge in [0, 0.05) is 12.1 Å². The number of nitrogens with zero attached hydrogens (tertiary/aromatic N) is 3. The van der Waals surface area contributed by atoms with Gasteiger partial charge in [-0.1, -0.05) is 23.7 Å². The monoisotopic (exact) mass is 441 g/mol. The molecule has 2 N–H and O–H groups in total. The van der Waals surface area contributed by atoms with E-state index in [1.165, 1.54) is 21.5 Å². The molecule has 0 radical (unpaired) electrons. The van der Waals surface area contributed by atoms with Crippen LogP contribution in [0, 0.1) is 13.8 Å². The maximum absolute atomic E-state index is 13.1. The number of nitrogens with one attached hydrogen (secondary N) is 2. The highest BCUT2D eigenvalue weighted by atomic mass is 35.5. The number of aromatic nitrogens is 4. The summed E-state index contributed by atoms with van der Waals surface area (Å²) >= 11 is 6.13. The molecular weight excluding hydrogens is 422 g/mol. The number of aromatic amines is 2. The van der Waals surface area contributed by atoms with Gasteiger partial charge in [0.2, 0.25) is 10.0 Å². The normalized spacial score (nSPS) is 14.9. The predicted molar refractivity (Wildman–Crippen MR) is 116 cm³/mol. The molecule has 0 saturated carbocycles. The van der Waals surface area contributed by atoms with E-state index >= 15 is 0 Å². The van der Waals surface area contributed by atoms with E-state index in [1.807, 2.05) is 0 Å². The molecule has 2 aromatic heterocycles. The van der Waals surface area contributed by atoms with Crippen molar-refractivity contribution in [3.05, 3.63) is 63.8 Å². The second-order valence-electron chi connectivity index (χ2n) is 7.58. The van der Waals surface area contributed by atoms with Crippen LogP contribution in [-0.2, 0) is 23.0 Å². The van der Waals surface area contributed by atoms with Gasteiger partial charge in [0.05, 0.1) is 28.3 Å². The fourth-order valence-electron chi connectivity index (χ4n) is 3.87. The summed E-state index contributed by atoms with van der Waals surface area (Å²) in [5, 5.41) is 7.67. The molecule has 0 unspecified atom stereocenters. The molecular formula is C21H20ClN5O2S. The van der Waals surface area contributed by atoms with Crippen LogP contribution in [0.2, 0.25) is 5.02 Å². The number of sulfonamides is 1. The lowest BCUT2D eigenvalue weighted by Crippen LogP contribution is -2.36. The van der Waals surface area contributed by atoms with E-state index in [0.717, 1.165) is 22.3 Å². The molecule has 1 aliphatic rings. The lowest BCUT2D eigenvalue weighted by Gasteiger charge is -2.26. The Morgan fingerprint density at radius 1 is 1.13 bits per heavy atom. The molecule has 0 fully saturated rings.